The lowest BCUT2D eigenvalue weighted by Gasteiger charge is -2.28. The molecule has 1 fully saturated rings. The Hall–Kier alpha value is -3.45. The number of Topliss-reactive ketones (excluding diaryl/α,β-unsaturated/α-hetero) is 1. The smallest absolute Gasteiger partial charge is 0.295 e. The van der Waals surface area contributed by atoms with Crippen molar-refractivity contribution in [3.05, 3.63) is 83.2 Å². The number of hydrogen-bond donors (Lipinski definition) is 1. The minimum Gasteiger partial charge on any atom is -0.507 e. The summed E-state index contributed by atoms with van der Waals surface area (Å²) in [7, 11) is 0. The fourth-order valence-electron chi connectivity index (χ4n) is 4.21. The average Bonchev–Trinajstić information content (AvgIpc) is 3.08. The number of halogens is 1. The van der Waals surface area contributed by atoms with E-state index in [-0.39, 0.29) is 23.4 Å². The number of carbonyl (C=O) groups excluding carboxylic acids is 2. The first-order valence-corrected chi connectivity index (χ1v) is 11.4. The maximum Gasteiger partial charge on any atom is 0.295 e. The second-order valence-electron chi connectivity index (χ2n) is 8.12. The highest BCUT2D eigenvalue weighted by Gasteiger charge is 2.46. The lowest BCUT2D eigenvalue weighted by Crippen LogP contribution is -2.38. The summed E-state index contributed by atoms with van der Waals surface area (Å²) >= 11 is 0. The number of rotatable bonds is 10. The molecule has 1 N–H and O–H groups in total. The lowest BCUT2D eigenvalue weighted by atomic mass is 9.93. The van der Waals surface area contributed by atoms with Crippen molar-refractivity contribution < 1.29 is 23.8 Å². The standard InChI is InChI=1S/C27H31FN2O4/c1-5-16-34-19-12-13-20(18(4)17-19)25(31)23-24(21-10-8-9-11-22(21)28)30(27(33)26(23)32)15-14-29(6-2)7-3/h5,8-13,17,24,31H,1,6-7,14-16H2,2-4H3. The molecule has 0 spiro atoms. The highest BCUT2D eigenvalue weighted by atomic mass is 19.1. The predicted molar refractivity (Wildman–Crippen MR) is 130 cm³/mol. The van der Waals surface area contributed by atoms with Gasteiger partial charge < -0.3 is 19.6 Å². The molecule has 0 radical (unpaired) electrons. The molecule has 0 saturated carbocycles. The number of nitrogens with zero attached hydrogens (tertiary/aromatic N) is 2. The number of amides is 1. The SMILES string of the molecule is C=CCOc1ccc(C(O)=C2C(=O)C(=O)N(CCN(CC)CC)C2c2ccccc2F)c(C)c1. The van der Waals surface area contributed by atoms with Crippen molar-refractivity contribution in [2.75, 3.05) is 32.8 Å². The molecular formula is C27H31FN2O4. The van der Waals surface area contributed by atoms with E-state index in [4.69, 9.17) is 4.74 Å². The Morgan fingerprint density at radius 3 is 2.53 bits per heavy atom. The van der Waals surface area contributed by atoms with Crippen LogP contribution < -0.4 is 4.74 Å². The Labute approximate surface area is 199 Å². The molecule has 1 heterocycles. The van der Waals surface area contributed by atoms with Crippen LogP contribution in [0.5, 0.6) is 5.75 Å². The third kappa shape index (κ3) is 5.04. The van der Waals surface area contributed by atoms with Crippen molar-refractivity contribution in [2.45, 2.75) is 26.8 Å². The number of hydrogen-bond acceptors (Lipinski definition) is 5. The van der Waals surface area contributed by atoms with Gasteiger partial charge in [0.2, 0.25) is 0 Å². The van der Waals surface area contributed by atoms with Gasteiger partial charge >= 0.3 is 0 Å². The zero-order valence-corrected chi connectivity index (χ0v) is 19.9. The summed E-state index contributed by atoms with van der Waals surface area (Å²) < 4.78 is 20.4. The summed E-state index contributed by atoms with van der Waals surface area (Å²) in [6, 6.07) is 10.0. The van der Waals surface area contributed by atoms with Crippen molar-refractivity contribution in [3.8, 4) is 5.75 Å². The van der Waals surface area contributed by atoms with E-state index < -0.39 is 23.5 Å². The first-order valence-electron chi connectivity index (χ1n) is 11.4. The summed E-state index contributed by atoms with van der Waals surface area (Å²) in [5.74, 6) is -1.86. The van der Waals surface area contributed by atoms with Gasteiger partial charge in [-0.05, 0) is 49.8 Å². The number of aliphatic hydroxyl groups is 1. The number of benzene rings is 2. The van der Waals surface area contributed by atoms with Crippen LogP contribution in [-0.4, -0.2) is 59.4 Å². The van der Waals surface area contributed by atoms with Crippen LogP contribution in [0.15, 0.2) is 60.7 Å². The van der Waals surface area contributed by atoms with E-state index in [1.165, 1.54) is 11.0 Å². The topological polar surface area (TPSA) is 70.1 Å². The molecule has 1 aliphatic rings. The Balaban J connectivity index is 2.10. The van der Waals surface area contributed by atoms with E-state index in [2.05, 4.69) is 11.5 Å². The van der Waals surface area contributed by atoms with Crippen molar-refractivity contribution in [2.24, 2.45) is 0 Å². The quantitative estimate of drug-likeness (QED) is 0.242. The number of aryl methyl sites for hydroxylation is 1. The van der Waals surface area contributed by atoms with Crippen molar-refractivity contribution in [3.63, 3.8) is 0 Å². The van der Waals surface area contributed by atoms with Crippen LogP contribution in [0, 0.1) is 12.7 Å². The molecule has 0 aliphatic carbocycles. The summed E-state index contributed by atoms with van der Waals surface area (Å²) in [6.07, 6.45) is 1.62. The normalized spacial score (nSPS) is 17.4. The van der Waals surface area contributed by atoms with Crippen molar-refractivity contribution in [1.29, 1.82) is 0 Å². The lowest BCUT2D eigenvalue weighted by molar-refractivity contribution is -0.140. The van der Waals surface area contributed by atoms with Crippen LogP contribution in [0.2, 0.25) is 0 Å². The summed E-state index contributed by atoms with van der Waals surface area (Å²) in [5, 5.41) is 11.3. The van der Waals surface area contributed by atoms with Gasteiger partial charge in [0.05, 0.1) is 11.6 Å². The van der Waals surface area contributed by atoms with Crippen LogP contribution in [0.25, 0.3) is 5.76 Å². The van der Waals surface area contributed by atoms with Gasteiger partial charge in [0.1, 0.15) is 23.9 Å². The molecule has 0 aromatic heterocycles. The van der Waals surface area contributed by atoms with Gasteiger partial charge in [-0.1, -0.05) is 44.7 Å². The molecule has 180 valence electrons. The number of likely N-dealkylation sites (N-methyl/N-ethyl adjacent to an activating group) is 1. The maximum atomic E-state index is 14.9. The molecular weight excluding hydrogens is 435 g/mol. The first-order chi connectivity index (χ1) is 16.3. The Kier molecular flexibility index (Phi) is 8.23. The van der Waals surface area contributed by atoms with Crippen LogP contribution in [-0.2, 0) is 9.59 Å². The van der Waals surface area contributed by atoms with E-state index in [1.807, 2.05) is 13.8 Å². The molecule has 1 atom stereocenters. The van der Waals surface area contributed by atoms with E-state index in [1.54, 1.807) is 49.4 Å². The number of aliphatic hydroxyl groups excluding tert-OH is 1. The van der Waals surface area contributed by atoms with Gasteiger partial charge in [0.25, 0.3) is 11.7 Å². The first kappa shape index (κ1) is 25.2. The van der Waals surface area contributed by atoms with Gasteiger partial charge in [0, 0.05) is 24.2 Å². The molecule has 1 aliphatic heterocycles. The number of carbonyl (C=O) groups is 2. The monoisotopic (exact) mass is 466 g/mol. The third-order valence-corrected chi connectivity index (χ3v) is 6.11. The van der Waals surface area contributed by atoms with Gasteiger partial charge in [-0.2, -0.15) is 0 Å². The van der Waals surface area contributed by atoms with E-state index in [0.29, 0.717) is 30.0 Å². The van der Waals surface area contributed by atoms with Gasteiger partial charge in [-0.25, -0.2) is 4.39 Å². The predicted octanol–water partition coefficient (Wildman–Crippen LogP) is 4.46. The van der Waals surface area contributed by atoms with Gasteiger partial charge in [-0.3, -0.25) is 9.59 Å². The second-order valence-corrected chi connectivity index (χ2v) is 8.12. The van der Waals surface area contributed by atoms with E-state index >= 15 is 0 Å². The van der Waals surface area contributed by atoms with Crippen molar-refractivity contribution in [1.82, 2.24) is 9.80 Å². The molecule has 1 amide bonds. The molecule has 1 unspecified atom stereocenters. The molecule has 6 nitrogen and oxygen atoms in total. The third-order valence-electron chi connectivity index (χ3n) is 6.11. The number of ether oxygens (including phenoxy) is 1. The summed E-state index contributed by atoms with van der Waals surface area (Å²) in [5.41, 5.74) is 1.10. The number of likely N-dealkylation sites (tertiary alicyclic amines) is 1. The maximum absolute atomic E-state index is 14.9. The fraction of sp³-hybridized carbons (Fsp3) is 0.333. The highest BCUT2D eigenvalue weighted by molar-refractivity contribution is 6.46. The largest absolute Gasteiger partial charge is 0.507 e. The molecule has 1 saturated heterocycles. The fourth-order valence-corrected chi connectivity index (χ4v) is 4.21. The average molecular weight is 467 g/mol. The van der Waals surface area contributed by atoms with Crippen LogP contribution in [0.3, 0.4) is 0 Å². The minimum atomic E-state index is -1.02. The molecule has 3 rings (SSSR count). The Morgan fingerprint density at radius 1 is 1.21 bits per heavy atom. The zero-order chi connectivity index (χ0) is 24.8. The zero-order valence-electron chi connectivity index (χ0n) is 19.9. The molecule has 2 aromatic carbocycles. The molecule has 34 heavy (non-hydrogen) atoms. The minimum absolute atomic E-state index is 0.113. The van der Waals surface area contributed by atoms with Crippen LogP contribution >= 0.6 is 0 Å². The molecule has 0 bridgehead atoms. The van der Waals surface area contributed by atoms with Crippen LogP contribution in [0.4, 0.5) is 4.39 Å². The van der Waals surface area contributed by atoms with Crippen molar-refractivity contribution >= 4 is 17.4 Å². The summed E-state index contributed by atoms with van der Waals surface area (Å²) in [4.78, 5) is 29.7. The Bertz CT molecular complexity index is 1110. The van der Waals surface area contributed by atoms with Gasteiger partial charge in [0.15, 0.2) is 0 Å². The highest BCUT2D eigenvalue weighted by Crippen LogP contribution is 2.40. The van der Waals surface area contributed by atoms with E-state index in [0.717, 1.165) is 13.1 Å². The van der Waals surface area contributed by atoms with Gasteiger partial charge in [-0.15, -0.1) is 0 Å². The number of ketones is 1. The summed E-state index contributed by atoms with van der Waals surface area (Å²) in [6.45, 7) is 12.1. The van der Waals surface area contributed by atoms with Crippen LogP contribution in [0.1, 0.15) is 36.6 Å². The Morgan fingerprint density at radius 2 is 1.91 bits per heavy atom. The molecule has 7 heteroatoms. The van der Waals surface area contributed by atoms with E-state index in [9.17, 15) is 19.1 Å². The second kappa shape index (κ2) is 11.1. The molecule has 2 aromatic rings.